The normalized spacial score (nSPS) is 11.3. The molecule has 1 aliphatic carbocycles. The van der Waals surface area contributed by atoms with Crippen LogP contribution >= 0.6 is 0 Å². The van der Waals surface area contributed by atoms with Crippen molar-refractivity contribution in [1.29, 1.82) is 0 Å². The Morgan fingerprint density at radius 2 is 1.57 bits per heavy atom. The first-order valence-electron chi connectivity index (χ1n) is 6.31. The third-order valence-electron chi connectivity index (χ3n) is 2.65. The fraction of sp³-hybridized carbons (Fsp3) is 0. The second-order valence-corrected chi connectivity index (χ2v) is 4.21. The summed E-state index contributed by atoms with van der Waals surface area (Å²) >= 11 is 0. The zero-order valence-electron chi connectivity index (χ0n) is 11.3. The second kappa shape index (κ2) is 8.80. The molecule has 21 heavy (non-hydrogen) atoms. The van der Waals surface area contributed by atoms with Gasteiger partial charge in [0.25, 0.3) is 0 Å². The molecule has 0 fully saturated rings. The Morgan fingerprint density at radius 3 is 2.05 bits per heavy atom. The molecule has 1 aliphatic rings. The summed E-state index contributed by atoms with van der Waals surface area (Å²) in [6, 6.07) is 17.0. The topological polar surface area (TPSA) is 61.1 Å². The minimum Gasteiger partial charge on any atom is -0.860 e. The van der Waals surface area contributed by atoms with Crippen LogP contribution in [0.4, 0.5) is 11.4 Å². The molecule has 2 aromatic rings. The fourth-order valence-electron chi connectivity index (χ4n) is 1.62. The zero-order chi connectivity index (χ0) is 14.2. The van der Waals surface area contributed by atoms with Crippen LogP contribution in [0.2, 0.25) is 0 Å². The van der Waals surface area contributed by atoms with Gasteiger partial charge in [0.05, 0.1) is 0 Å². The zero-order valence-corrected chi connectivity index (χ0v) is 12.4. The number of nitrogens with two attached hydrogens (primary N) is 1. The number of hydrogen-bond donors (Lipinski definition) is 2. The van der Waals surface area contributed by atoms with Gasteiger partial charge in [-0.05, 0) is 35.7 Å². The average Bonchev–Trinajstić information content (AvgIpc) is 3.17. The van der Waals surface area contributed by atoms with E-state index >= 15 is 0 Å². The molecule has 0 saturated carbocycles. The summed E-state index contributed by atoms with van der Waals surface area (Å²) < 4.78 is 0. The molecule has 0 atom stereocenters. The van der Waals surface area contributed by atoms with E-state index in [0.717, 1.165) is 5.69 Å². The standard InChI is InChI=1S/C12H12N2O.C5H5.Fe/c13-10-5-7-11(8-6-10)14-12(15)9-3-1-2-4-9;1-2-4-5-3-1;/h1-8,14-15H,13H2;1-5H;/q;-1;+2/p-1. The molecule has 2 aromatic carbocycles. The first kappa shape index (κ1) is 16.8. The molecule has 0 unspecified atom stereocenters. The van der Waals surface area contributed by atoms with Crippen molar-refractivity contribution >= 4 is 11.4 Å². The van der Waals surface area contributed by atoms with E-state index in [1.807, 2.05) is 42.5 Å². The molecule has 3 rings (SSSR count). The van der Waals surface area contributed by atoms with Crippen LogP contribution in [-0.4, -0.2) is 0 Å². The van der Waals surface area contributed by atoms with E-state index in [0.29, 0.717) is 11.3 Å². The Bertz CT molecular complexity index is 580. The number of nitrogens with one attached hydrogen (secondary N) is 1. The molecule has 0 radical (unpaired) electrons. The Labute approximate surface area is 135 Å². The average molecular weight is 320 g/mol. The van der Waals surface area contributed by atoms with Gasteiger partial charge in [0.2, 0.25) is 0 Å². The number of hydrogen-bond acceptors (Lipinski definition) is 3. The molecule has 0 aromatic heterocycles. The molecule has 0 heterocycles. The monoisotopic (exact) mass is 320 g/mol. The summed E-state index contributed by atoms with van der Waals surface area (Å²) in [5.74, 6) is -0.107. The van der Waals surface area contributed by atoms with Gasteiger partial charge in [-0.2, -0.15) is 18.2 Å². The van der Waals surface area contributed by atoms with Crippen LogP contribution in [0.15, 0.2) is 90.4 Å². The van der Waals surface area contributed by atoms with Crippen LogP contribution in [0, 0.1) is 0 Å². The van der Waals surface area contributed by atoms with Crippen molar-refractivity contribution in [2.45, 2.75) is 0 Å². The minimum absolute atomic E-state index is 0. The molecule has 0 spiro atoms. The molecule has 3 N–H and O–H groups in total. The van der Waals surface area contributed by atoms with Gasteiger partial charge in [0, 0.05) is 11.4 Å². The van der Waals surface area contributed by atoms with Crippen molar-refractivity contribution in [2.24, 2.45) is 0 Å². The summed E-state index contributed by atoms with van der Waals surface area (Å²) in [5, 5.41) is 14.4. The number of nitrogen functional groups attached to an aromatic ring is 1. The molecule has 0 saturated heterocycles. The summed E-state index contributed by atoms with van der Waals surface area (Å²) in [6.45, 7) is 0. The third kappa shape index (κ3) is 5.69. The van der Waals surface area contributed by atoms with Crippen LogP contribution in [0.5, 0.6) is 0 Å². The maximum atomic E-state index is 11.6. The van der Waals surface area contributed by atoms with Crippen molar-refractivity contribution < 1.29 is 22.2 Å². The molecule has 4 heteroatoms. The molecule has 108 valence electrons. The Hall–Kier alpha value is -2.29. The fourth-order valence-corrected chi connectivity index (χ4v) is 1.62. The van der Waals surface area contributed by atoms with Gasteiger partial charge < -0.3 is 16.2 Å². The van der Waals surface area contributed by atoms with E-state index in [4.69, 9.17) is 5.73 Å². The van der Waals surface area contributed by atoms with Gasteiger partial charge in [-0.25, -0.2) is 12.1 Å². The number of benzene rings is 1. The molecule has 0 aliphatic heterocycles. The molecule has 0 bridgehead atoms. The Kier molecular flexibility index (Phi) is 7.02. The molecule has 0 amide bonds. The number of rotatable bonds is 2. The SMILES string of the molecule is Nc1ccc(NC([O-])=C2C=CC=C2)cc1.[Fe+2].c1cc[cH-]c1. The Morgan fingerprint density at radius 1 is 1.00 bits per heavy atom. The quantitative estimate of drug-likeness (QED) is 0.387. The van der Waals surface area contributed by atoms with E-state index in [9.17, 15) is 5.11 Å². The smallest absolute Gasteiger partial charge is 0.860 e. The first-order valence-corrected chi connectivity index (χ1v) is 6.31. The summed E-state index contributed by atoms with van der Waals surface area (Å²) in [6.07, 6.45) is 7.20. The van der Waals surface area contributed by atoms with E-state index < -0.39 is 0 Å². The molecular formula is C17H16FeN2O. The van der Waals surface area contributed by atoms with Crippen molar-refractivity contribution in [3.8, 4) is 0 Å². The summed E-state index contributed by atoms with van der Waals surface area (Å²) in [7, 11) is 0. The predicted octanol–water partition coefficient (Wildman–Crippen LogP) is 2.78. The van der Waals surface area contributed by atoms with E-state index in [-0.39, 0.29) is 23.0 Å². The van der Waals surface area contributed by atoms with Crippen LogP contribution < -0.4 is 16.2 Å². The largest absolute Gasteiger partial charge is 2.00 e. The van der Waals surface area contributed by atoms with Crippen LogP contribution in [0.25, 0.3) is 0 Å². The van der Waals surface area contributed by atoms with Crippen molar-refractivity contribution in [1.82, 2.24) is 0 Å². The van der Waals surface area contributed by atoms with Gasteiger partial charge in [0.15, 0.2) is 0 Å². The minimum atomic E-state index is -0.107. The first-order chi connectivity index (χ1) is 9.75. The third-order valence-corrected chi connectivity index (χ3v) is 2.65. The van der Waals surface area contributed by atoms with Gasteiger partial charge in [-0.1, -0.05) is 24.3 Å². The Balaban J connectivity index is 0.000000313. The van der Waals surface area contributed by atoms with Crippen molar-refractivity contribution in [3.05, 3.63) is 90.4 Å². The second-order valence-electron chi connectivity index (χ2n) is 4.21. The van der Waals surface area contributed by atoms with Gasteiger partial charge >= 0.3 is 17.1 Å². The predicted molar refractivity (Wildman–Crippen MR) is 81.8 cm³/mol. The van der Waals surface area contributed by atoms with Crippen molar-refractivity contribution in [3.63, 3.8) is 0 Å². The maximum absolute atomic E-state index is 11.6. The molecular weight excluding hydrogens is 304 g/mol. The maximum Gasteiger partial charge on any atom is 2.00 e. The van der Waals surface area contributed by atoms with E-state index in [1.165, 1.54) is 0 Å². The van der Waals surface area contributed by atoms with Gasteiger partial charge in [-0.15, -0.1) is 0 Å². The van der Waals surface area contributed by atoms with Gasteiger partial charge in [-0.3, -0.25) is 0 Å². The van der Waals surface area contributed by atoms with Crippen molar-refractivity contribution in [2.75, 3.05) is 11.1 Å². The van der Waals surface area contributed by atoms with Crippen LogP contribution in [-0.2, 0) is 17.1 Å². The van der Waals surface area contributed by atoms with E-state index in [1.54, 1.807) is 36.4 Å². The van der Waals surface area contributed by atoms with Crippen LogP contribution in [0.3, 0.4) is 0 Å². The number of anilines is 2. The summed E-state index contributed by atoms with van der Waals surface area (Å²) in [4.78, 5) is 0. The van der Waals surface area contributed by atoms with E-state index in [2.05, 4.69) is 5.32 Å². The van der Waals surface area contributed by atoms with Crippen LogP contribution in [0.1, 0.15) is 0 Å². The number of allylic oxidation sites excluding steroid dienone is 5. The summed E-state index contributed by atoms with van der Waals surface area (Å²) in [5.41, 5.74) is 7.63. The molecule has 3 nitrogen and oxygen atoms in total. The van der Waals surface area contributed by atoms with Gasteiger partial charge in [0.1, 0.15) is 0 Å².